The van der Waals surface area contributed by atoms with E-state index in [2.05, 4.69) is 88.3 Å². The Kier molecular flexibility index (Phi) is 12.7. The summed E-state index contributed by atoms with van der Waals surface area (Å²) < 4.78 is 0. The highest BCUT2D eigenvalue weighted by Crippen LogP contribution is 2.36. The van der Waals surface area contributed by atoms with Gasteiger partial charge in [-0.1, -0.05) is 106 Å². The molecule has 0 aliphatic carbocycles. The molecule has 192 valence electrons. The molecular weight excluding hydrogens is 442 g/mol. The topological polar surface area (TPSA) is 69.0 Å². The fourth-order valence-corrected chi connectivity index (χ4v) is 4.19. The summed E-state index contributed by atoms with van der Waals surface area (Å²) in [5, 5.41) is 14.7. The monoisotopic (exact) mass is 485 g/mol. The van der Waals surface area contributed by atoms with Gasteiger partial charge in [0.2, 0.25) is 0 Å². The smallest absolute Gasteiger partial charge is 0.0964 e. The zero-order valence-corrected chi connectivity index (χ0v) is 22.5. The van der Waals surface area contributed by atoms with Crippen molar-refractivity contribution in [2.45, 2.75) is 76.4 Å². The average Bonchev–Trinajstić information content (AvgIpc) is 2.85. The van der Waals surface area contributed by atoms with Gasteiger partial charge in [0.05, 0.1) is 11.1 Å². The van der Waals surface area contributed by atoms with E-state index in [1.807, 2.05) is 24.3 Å². The molecule has 0 radical (unpaired) electrons. The summed E-state index contributed by atoms with van der Waals surface area (Å²) in [5.74, 6) is 0.905. The van der Waals surface area contributed by atoms with Crippen LogP contribution in [0, 0.1) is 0 Å². The Morgan fingerprint density at radius 1 is 0.778 bits per heavy atom. The molecule has 0 unspecified atom stereocenters. The first-order chi connectivity index (χ1) is 17.1. The maximum atomic E-state index is 10.6. The van der Waals surface area contributed by atoms with E-state index in [9.17, 15) is 5.11 Å². The van der Waals surface area contributed by atoms with Crippen LogP contribution in [0.15, 0.2) is 104 Å². The van der Waals surface area contributed by atoms with E-state index in [1.54, 1.807) is 24.3 Å². The lowest BCUT2D eigenvalue weighted by atomic mass is 9.83. The molecule has 2 aromatic rings. The average molecular weight is 486 g/mol. The summed E-state index contributed by atoms with van der Waals surface area (Å²) in [6, 6.07) is 16.4. The van der Waals surface area contributed by atoms with Gasteiger partial charge in [-0.3, -0.25) is 0 Å². The first-order valence-corrected chi connectivity index (χ1v) is 12.6. The van der Waals surface area contributed by atoms with Crippen molar-refractivity contribution in [1.82, 2.24) is 0 Å². The van der Waals surface area contributed by atoms with Gasteiger partial charge in [-0.25, -0.2) is 0 Å². The summed E-state index contributed by atoms with van der Waals surface area (Å²) in [6.45, 7) is 23.6. The number of rotatable bonds is 13. The van der Waals surface area contributed by atoms with Crippen molar-refractivity contribution >= 4 is 0 Å². The lowest BCUT2D eigenvalue weighted by Gasteiger charge is -2.27. The van der Waals surface area contributed by atoms with Crippen LogP contribution in [0.3, 0.4) is 0 Å². The zero-order chi connectivity index (χ0) is 27.2. The maximum Gasteiger partial charge on any atom is 0.0964 e. The van der Waals surface area contributed by atoms with Gasteiger partial charge in [-0.05, 0) is 65.3 Å². The van der Waals surface area contributed by atoms with Gasteiger partial charge in [0.25, 0.3) is 0 Å². The number of nitrogens with zero attached hydrogens (tertiary/aromatic N) is 3. The third-order valence-electron chi connectivity index (χ3n) is 6.35. The fraction of sp³-hybridized carbons (Fsp3) is 0.375. The van der Waals surface area contributed by atoms with Gasteiger partial charge in [-0.15, -0.1) is 26.3 Å². The first kappa shape index (κ1) is 30.7. The number of aliphatic hydroxyl groups is 1. The fourth-order valence-electron chi connectivity index (χ4n) is 4.19. The predicted molar refractivity (Wildman–Crippen MR) is 155 cm³/mol. The molecule has 0 aliphatic rings. The lowest BCUT2D eigenvalue weighted by Crippen LogP contribution is -2.24. The Hall–Kier alpha value is -3.33. The second kappa shape index (κ2) is 14.9. The highest BCUT2D eigenvalue weighted by molar-refractivity contribution is 5.33. The van der Waals surface area contributed by atoms with Gasteiger partial charge < -0.3 is 5.11 Å². The van der Waals surface area contributed by atoms with Crippen LogP contribution < -0.4 is 0 Å². The second-order valence-electron chi connectivity index (χ2n) is 9.78. The van der Waals surface area contributed by atoms with E-state index in [0.717, 1.165) is 11.1 Å². The van der Waals surface area contributed by atoms with Gasteiger partial charge in [0.15, 0.2) is 0 Å². The van der Waals surface area contributed by atoms with Crippen LogP contribution >= 0.6 is 0 Å². The van der Waals surface area contributed by atoms with E-state index >= 15 is 0 Å². The molecule has 4 heteroatoms. The van der Waals surface area contributed by atoms with Crippen molar-refractivity contribution < 1.29 is 5.11 Å². The Balaban J connectivity index is 0.000000362. The summed E-state index contributed by atoms with van der Waals surface area (Å²) in [7, 11) is 0. The number of hydrogen-bond acceptors (Lipinski definition) is 2. The van der Waals surface area contributed by atoms with Crippen molar-refractivity contribution in [3.05, 3.63) is 132 Å². The number of benzene rings is 2. The molecule has 0 heterocycles. The number of hydrogen-bond donors (Lipinski definition) is 1. The molecule has 36 heavy (non-hydrogen) atoms. The molecule has 1 N–H and O–H groups in total. The predicted octanol–water partition coefficient (Wildman–Crippen LogP) is 9.62. The van der Waals surface area contributed by atoms with Crippen molar-refractivity contribution in [2.75, 3.05) is 0 Å². The summed E-state index contributed by atoms with van der Waals surface area (Å²) in [4.78, 5) is 3.03. The molecular formula is C32H43N3O. The summed E-state index contributed by atoms with van der Waals surface area (Å²) in [6.07, 6.45) is 9.38. The van der Waals surface area contributed by atoms with Crippen molar-refractivity contribution in [3.63, 3.8) is 0 Å². The van der Waals surface area contributed by atoms with Crippen LogP contribution in [0.5, 0.6) is 0 Å². The zero-order valence-electron chi connectivity index (χ0n) is 22.5. The molecule has 4 nitrogen and oxygen atoms in total. The Morgan fingerprint density at radius 3 is 1.58 bits per heavy atom. The SMILES string of the molecule is C=CCC(CC=C)(N=[N+]=[N-])c1cccc(C(C)C)c1.C=CCC(O)(CC=C)c1cccc(C(C)C)c1. The summed E-state index contributed by atoms with van der Waals surface area (Å²) in [5.41, 5.74) is 11.9. The summed E-state index contributed by atoms with van der Waals surface area (Å²) >= 11 is 0. The van der Waals surface area contributed by atoms with Crippen molar-refractivity contribution in [3.8, 4) is 0 Å². The normalized spacial score (nSPS) is 11.2. The third-order valence-corrected chi connectivity index (χ3v) is 6.35. The van der Waals surface area contributed by atoms with Crippen LogP contribution in [0.25, 0.3) is 10.4 Å². The van der Waals surface area contributed by atoms with Gasteiger partial charge >= 0.3 is 0 Å². The molecule has 0 atom stereocenters. The van der Waals surface area contributed by atoms with Gasteiger partial charge in [-0.2, -0.15) is 0 Å². The highest BCUT2D eigenvalue weighted by atomic mass is 16.3. The van der Waals surface area contributed by atoms with Crippen LogP contribution in [0.4, 0.5) is 0 Å². The van der Waals surface area contributed by atoms with E-state index in [0.29, 0.717) is 37.5 Å². The minimum atomic E-state index is -0.867. The molecule has 0 aromatic heterocycles. The van der Waals surface area contributed by atoms with Crippen LogP contribution in [-0.4, -0.2) is 5.11 Å². The van der Waals surface area contributed by atoms with E-state index in [4.69, 9.17) is 5.53 Å². The molecule has 2 aromatic carbocycles. The third kappa shape index (κ3) is 8.41. The quantitative estimate of drug-likeness (QED) is 0.130. The maximum absolute atomic E-state index is 10.6. The Labute approximate surface area is 218 Å². The largest absolute Gasteiger partial charge is 0.385 e. The van der Waals surface area contributed by atoms with Crippen molar-refractivity contribution in [1.29, 1.82) is 0 Å². The first-order valence-electron chi connectivity index (χ1n) is 12.6. The standard InChI is InChI=1S/C16H21N3.C16H22O/c1-5-10-16(11-6-2,18-19-17)15-9-7-8-14(12-15)13(3)4;1-5-10-16(17,11-6-2)15-9-7-8-14(12-15)13(3)4/h5-9,12-13H,1-2,10-11H2,3-4H3;5-9,12-13,17H,1-2,10-11H2,3-4H3. The second-order valence-corrected chi connectivity index (χ2v) is 9.78. The van der Waals surface area contributed by atoms with Crippen LogP contribution in [-0.2, 0) is 11.1 Å². The Morgan fingerprint density at radius 2 is 1.19 bits per heavy atom. The van der Waals surface area contributed by atoms with E-state index < -0.39 is 11.1 Å². The molecule has 0 bridgehead atoms. The van der Waals surface area contributed by atoms with Gasteiger partial charge in [0, 0.05) is 4.91 Å². The Bertz CT molecular complexity index is 1040. The minimum absolute atomic E-state index is 0.441. The highest BCUT2D eigenvalue weighted by Gasteiger charge is 2.29. The van der Waals surface area contributed by atoms with Crippen LogP contribution in [0.2, 0.25) is 0 Å². The molecule has 0 aliphatic heterocycles. The van der Waals surface area contributed by atoms with E-state index in [-0.39, 0.29) is 0 Å². The number of azide groups is 1. The van der Waals surface area contributed by atoms with E-state index in [1.165, 1.54) is 11.1 Å². The molecule has 0 saturated carbocycles. The molecule has 0 spiro atoms. The lowest BCUT2D eigenvalue weighted by molar-refractivity contribution is 0.0429. The molecule has 0 fully saturated rings. The minimum Gasteiger partial charge on any atom is -0.385 e. The molecule has 0 saturated heterocycles. The van der Waals surface area contributed by atoms with Crippen molar-refractivity contribution in [2.24, 2.45) is 5.11 Å². The molecule has 0 amide bonds. The van der Waals surface area contributed by atoms with Crippen LogP contribution in [0.1, 0.15) is 87.5 Å². The van der Waals surface area contributed by atoms with Gasteiger partial charge in [0.1, 0.15) is 0 Å². The molecule has 2 rings (SSSR count).